The van der Waals surface area contributed by atoms with Crippen molar-refractivity contribution in [1.29, 1.82) is 0 Å². The molecule has 8 heteroatoms. The first kappa shape index (κ1) is 40.9. The number of aliphatic carboxylic acids is 2. The largest absolute Gasteiger partial charge is 0.481 e. The predicted molar refractivity (Wildman–Crippen MR) is 174 cm³/mol. The molecule has 0 bridgehead atoms. The van der Waals surface area contributed by atoms with Crippen LogP contribution in [0.5, 0.6) is 0 Å². The molecule has 42 heavy (non-hydrogen) atoms. The lowest BCUT2D eigenvalue weighted by atomic mass is 9.74. The van der Waals surface area contributed by atoms with Crippen molar-refractivity contribution in [1.82, 2.24) is 0 Å². The monoisotopic (exact) mass is 618 g/mol. The van der Waals surface area contributed by atoms with Crippen LogP contribution in [0.2, 0.25) is 0 Å². The summed E-state index contributed by atoms with van der Waals surface area (Å²) in [4.78, 5) is 24.4. The standard InChI is InChI=1S/C34H66O7S/c1-3-5-7-9-11-13-15-17-19-21-23-25-27-29-34(33(37)38,31(32(35)36)42(39,40)41)30-28-26-24-22-20-18-16-14-12-10-8-6-4-2/h31H,3-30H2,1-2H3,(H,35,36)(H,37,38)(H,39,40,41). The Kier molecular flexibility index (Phi) is 25.5. The summed E-state index contributed by atoms with van der Waals surface area (Å²) in [7, 11) is -5.08. The summed E-state index contributed by atoms with van der Waals surface area (Å²) in [6, 6.07) is 0. The van der Waals surface area contributed by atoms with Gasteiger partial charge in [-0.1, -0.05) is 181 Å². The van der Waals surface area contributed by atoms with Crippen molar-refractivity contribution in [2.75, 3.05) is 0 Å². The van der Waals surface area contributed by atoms with E-state index in [0.29, 0.717) is 12.8 Å². The third-order valence-electron chi connectivity index (χ3n) is 8.90. The molecule has 0 rings (SSSR count). The van der Waals surface area contributed by atoms with Gasteiger partial charge in [-0.3, -0.25) is 14.1 Å². The SMILES string of the molecule is CCCCCCCCCCCCCCCC(CCCCCCCCCCCCCCC)(C(=O)O)C(C(=O)O)S(=O)(=O)O. The molecular weight excluding hydrogens is 552 g/mol. The molecule has 0 fully saturated rings. The molecule has 0 saturated carbocycles. The van der Waals surface area contributed by atoms with Crippen LogP contribution >= 0.6 is 0 Å². The molecule has 0 aliphatic rings. The second kappa shape index (κ2) is 26.3. The Morgan fingerprint density at radius 3 is 0.929 bits per heavy atom. The first-order chi connectivity index (χ1) is 20.1. The summed E-state index contributed by atoms with van der Waals surface area (Å²) < 4.78 is 34.0. The third-order valence-corrected chi connectivity index (χ3v) is 10.2. The van der Waals surface area contributed by atoms with Crippen LogP contribution in [0.25, 0.3) is 0 Å². The Morgan fingerprint density at radius 2 is 0.738 bits per heavy atom. The lowest BCUT2D eigenvalue weighted by Crippen LogP contribution is -2.51. The topological polar surface area (TPSA) is 129 Å². The van der Waals surface area contributed by atoms with Gasteiger partial charge >= 0.3 is 11.9 Å². The molecule has 7 nitrogen and oxygen atoms in total. The second-order valence-electron chi connectivity index (χ2n) is 12.7. The number of carbonyl (C=O) groups is 2. The van der Waals surface area contributed by atoms with E-state index in [4.69, 9.17) is 0 Å². The van der Waals surface area contributed by atoms with E-state index in [-0.39, 0.29) is 12.8 Å². The fraction of sp³-hybridized carbons (Fsp3) is 0.941. The van der Waals surface area contributed by atoms with Crippen LogP contribution in [-0.4, -0.2) is 40.4 Å². The molecule has 0 aromatic rings. The smallest absolute Gasteiger partial charge is 0.325 e. The van der Waals surface area contributed by atoms with Gasteiger partial charge in [0.15, 0.2) is 5.25 Å². The van der Waals surface area contributed by atoms with Gasteiger partial charge in [-0.25, -0.2) is 0 Å². The molecule has 0 aliphatic carbocycles. The van der Waals surface area contributed by atoms with E-state index < -0.39 is 32.7 Å². The lowest BCUT2D eigenvalue weighted by molar-refractivity contribution is -0.156. The van der Waals surface area contributed by atoms with Gasteiger partial charge in [0.1, 0.15) is 0 Å². The first-order valence-electron chi connectivity index (χ1n) is 17.6. The van der Waals surface area contributed by atoms with Crippen LogP contribution in [0.15, 0.2) is 0 Å². The highest BCUT2D eigenvalue weighted by atomic mass is 32.2. The number of carboxylic acid groups (broad SMARTS) is 2. The molecule has 0 spiro atoms. The summed E-state index contributed by atoms with van der Waals surface area (Å²) in [6.07, 6.45) is 28.8. The molecule has 0 aliphatic heterocycles. The van der Waals surface area contributed by atoms with Crippen molar-refractivity contribution in [3.8, 4) is 0 Å². The molecule has 0 saturated heterocycles. The summed E-state index contributed by atoms with van der Waals surface area (Å²) in [5, 5.41) is 17.5. The fourth-order valence-electron chi connectivity index (χ4n) is 6.28. The Hall–Kier alpha value is -1.15. The van der Waals surface area contributed by atoms with Crippen molar-refractivity contribution in [2.24, 2.45) is 5.41 Å². The minimum atomic E-state index is -5.08. The summed E-state index contributed by atoms with van der Waals surface area (Å²) in [5.41, 5.74) is -2.02. The van der Waals surface area contributed by atoms with E-state index in [1.807, 2.05) is 0 Å². The minimum absolute atomic E-state index is 0.0604. The van der Waals surface area contributed by atoms with Crippen LogP contribution in [-0.2, 0) is 19.7 Å². The number of rotatable bonds is 32. The molecule has 0 radical (unpaired) electrons. The van der Waals surface area contributed by atoms with E-state index >= 15 is 0 Å². The number of hydrogen-bond donors (Lipinski definition) is 3. The molecule has 0 aromatic carbocycles. The first-order valence-corrected chi connectivity index (χ1v) is 19.1. The number of unbranched alkanes of at least 4 members (excludes halogenated alkanes) is 24. The van der Waals surface area contributed by atoms with Gasteiger partial charge in [0.05, 0.1) is 5.41 Å². The Labute approximate surface area is 258 Å². The highest BCUT2D eigenvalue weighted by molar-refractivity contribution is 7.87. The van der Waals surface area contributed by atoms with Gasteiger partial charge in [-0.2, -0.15) is 8.42 Å². The van der Waals surface area contributed by atoms with Gasteiger partial charge in [-0.15, -0.1) is 0 Å². The van der Waals surface area contributed by atoms with Gasteiger partial charge in [0, 0.05) is 0 Å². The van der Waals surface area contributed by atoms with Crippen LogP contribution in [0.4, 0.5) is 0 Å². The van der Waals surface area contributed by atoms with E-state index in [1.165, 1.54) is 103 Å². The Morgan fingerprint density at radius 1 is 0.500 bits per heavy atom. The van der Waals surface area contributed by atoms with Gasteiger partial charge < -0.3 is 10.2 Å². The zero-order chi connectivity index (χ0) is 31.5. The van der Waals surface area contributed by atoms with Crippen LogP contribution in [0.1, 0.15) is 194 Å². The highest BCUT2D eigenvalue weighted by Crippen LogP contribution is 2.39. The molecule has 1 atom stereocenters. The maximum atomic E-state index is 12.5. The summed E-state index contributed by atoms with van der Waals surface area (Å²) in [5.74, 6) is -3.23. The van der Waals surface area contributed by atoms with Crippen molar-refractivity contribution >= 4 is 22.1 Å². The molecule has 250 valence electrons. The van der Waals surface area contributed by atoms with Crippen molar-refractivity contribution in [2.45, 2.75) is 199 Å². The maximum absolute atomic E-state index is 12.5. The molecule has 1 unspecified atom stereocenters. The van der Waals surface area contributed by atoms with Crippen LogP contribution in [0, 0.1) is 5.41 Å². The molecule has 0 heterocycles. The van der Waals surface area contributed by atoms with E-state index in [1.54, 1.807) is 0 Å². The van der Waals surface area contributed by atoms with E-state index in [2.05, 4.69) is 13.8 Å². The van der Waals surface area contributed by atoms with Crippen LogP contribution < -0.4 is 0 Å². The zero-order valence-corrected chi connectivity index (χ0v) is 28.1. The minimum Gasteiger partial charge on any atom is -0.481 e. The lowest BCUT2D eigenvalue weighted by Gasteiger charge is -2.33. The van der Waals surface area contributed by atoms with Crippen molar-refractivity contribution in [3.63, 3.8) is 0 Å². The third kappa shape index (κ3) is 19.9. The predicted octanol–water partition coefficient (Wildman–Crippen LogP) is 10.4. The van der Waals surface area contributed by atoms with Crippen LogP contribution in [0.3, 0.4) is 0 Å². The molecule has 0 aromatic heterocycles. The maximum Gasteiger partial charge on any atom is 0.325 e. The normalized spacial score (nSPS) is 12.9. The van der Waals surface area contributed by atoms with Gasteiger partial charge in [0.25, 0.3) is 10.1 Å². The number of hydrogen-bond acceptors (Lipinski definition) is 4. The Bertz CT molecular complexity index is 736. The van der Waals surface area contributed by atoms with Crippen molar-refractivity contribution in [3.05, 3.63) is 0 Å². The second-order valence-corrected chi connectivity index (χ2v) is 14.2. The van der Waals surface area contributed by atoms with E-state index in [9.17, 15) is 32.8 Å². The quantitative estimate of drug-likeness (QED) is 0.0505. The number of carboxylic acids is 2. The van der Waals surface area contributed by atoms with Gasteiger partial charge in [0.2, 0.25) is 0 Å². The average Bonchev–Trinajstić information content (AvgIpc) is 2.92. The fourth-order valence-corrected chi connectivity index (χ4v) is 7.44. The average molecular weight is 619 g/mol. The highest BCUT2D eigenvalue weighted by Gasteiger charge is 2.55. The van der Waals surface area contributed by atoms with Gasteiger partial charge in [-0.05, 0) is 12.8 Å². The molecule has 3 N–H and O–H groups in total. The van der Waals surface area contributed by atoms with Crippen molar-refractivity contribution < 1.29 is 32.8 Å². The van der Waals surface area contributed by atoms with E-state index in [0.717, 1.165) is 51.4 Å². The molecular formula is C34H66O7S. The Balaban J connectivity index is 4.58. The summed E-state index contributed by atoms with van der Waals surface area (Å²) in [6.45, 7) is 4.45. The zero-order valence-electron chi connectivity index (χ0n) is 27.3. The summed E-state index contributed by atoms with van der Waals surface area (Å²) >= 11 is 0. The molecule has 0 amide bonds.